The van der Waals surface area contributed by atoms with Crippen LogP contribution in [0, 0.1) is 10.1 Å². The molecule has 1 aliphatic rings. The first kappa shape index (κ1) is 13.1. The maximum atomic E-state index is 11.2. The van der Waals surface area contributed by atoms with E-state index in [0.29, 0.717) is 32.0 Å². The summed E-state index contributed by atoms with van der Waals surface area (Å²) in [7, 11) is 0. The molecule has 2 N–H and O–H groups in total. The van der Waals surface area contributed by atoms with E-state index in [9.17, 15) is 14.9 Å². The summed E-state index contributed by atoms with van der Waals surface area (Å²) in [5.74, 6) is 0.568. The molecule has 0 aliphatic carbocycles. The predicted octanol–water partition coefficient (Wildman–Crippen LogP) is 0.240. The summed E-state index contributed by atoms with van der Waals surface area (Å²) >= 11 is 0. The number of pyridine rings is 1. The lowest BCUT2D eigenvalue weighted by atomic mass is 10.3. The van der Waals surface area contributed by atoms with Gasteiger partial charge < -0.3 is 15.5 Å². The number of amides is 1. The van der Waals surface area contributed by atoms with Crippen molar-refractivity contribution >= 4 is 23.2 Å². The van der Waals surface area contributed by atoms with E-state index in [-0.39, 0.29) is 17.4 Å². The number of nitrogen functional groups attached to an aromatic ring is 1. The molecular formula is C11H15N5O3. The number of nitrogens with zero attached hydrogens (tertiary/aromatic N) is 4. The van der Waals surface area contributed by atoms with Gasteiger partial charge in [-0.3, -0.25) is 14.9 Å². The van der Waals surface area contributed by atoms with Crippen LogP contribution >= 0.6 is 0 Å². The number of aromatic nitrogens is 1. The molecule has 0 saturated carbocycles. The van der Waals surface area contributed by atoms with Gasteiger partial charge in [0, 0.05) is 39.2 Å². The van der Waals surface area contributed by atoms with Gasteiger partial charge in [-0.1, -0.05) is 0 Å². The van der Waals surface area contributed by atoms with Crippen LogP contribution in [-0.4, -0.2) is 46.9 Å². The summed E-state index contributed by atoms with van der Waals surface area (Å²) in [6.45, 7) is 4.06. The first-order valence-corrected chi connectivity index (χ1v) is 5.90. The average Bonchev–Trinajstić information content (AvgIpc) is 2.38. The minimum absolute atomic E-state index is 0.0517. The highest BCUT2D eigenvalue weighted by Gasteiger charge is 2.21. The third-order valence-corrected chi connectivity index (χ3v) is 3.13. The molecule has 2 rings (SSSR count). The molecular weight excluding hydrogens is 250 g/mol. The zero-order chi connectivity index (χ0) is 14.0. The van der Waals surface area contributed by atoms with Crippen LogP contribution in [0.3, 0.4) is 0 Å². The van der Waals surface area contributed by atoms with Gasteiger partial charge in [-0.25, -0.2) is 4.98 Å². The Kier molecular flexibility index (Phi) is 3.50. The molecule has 19 heavy (non-hydrogen) atoms. The third-order valence-electron chi connectivity index (χ3n) is 3.13. The highest BCUT2D eigenvalue weighted by atomic mass is 16.6. The Balaban J connectivity index is 2.10. The number of carbonyl (C=O) groups excluding carboxylic acids is 1. The molecule has 0 spiro atoms. The number of nitro groups is 1. The lowest BCUT2D eigenvalue weighted by molar-refractivity contribution is -0.384. The Labute approximate surface area is 110 Å². The van der Waals surface area contributed by atoms with Crippen LogP contribution in [0.4, 0.5) is 17.3 Å². The monoisotopic (exact) mass is 265 g/mol. The van der Waals surface area contributed by atoms with Gasteiger partial charge in [0.2, 0.25) is 11.7 Å². The van der Waals surface area contributed by atoms with E-state index >= 15 is 0 Å². The van der Waals surface area contributed by atoms with E-state index in [1.54, 1.807) is 11.0 Å². The molecule has 0 radical (unpaired) electrons. The maximum absolute atomic E-state index is 11.2. The van der Waals surface area contributed by atoms with E-state index < -0.39 is 4.92 Å². The smallest absolute Gasteiger partial charge is 0.311 e. The van der Waals surface area contributed by atoms with Gasteiger partial charge in [0.05, 0.1) is 4.92 Å². The molecule has 2 heterocycles. The SMILES string of the molecule is CC(=O)N1CCN(c2ccc([N+](=O)[O-])c(N)n2)CC1. The maximum Gasteiger partial charge on any atom is 0.311 e. The normalized spacial score (nSPS) is 15.4. The molecule has 102 valence electrons. The number of hydrogen-bond acceptors (Lipinski definition) is 6. The van der Waals surface area contributed by atoms with E-state index in [1.807, 2.05) is 4.90 Å². The lowest BCUT2D eigenvalue weighted by Gasteiger charge is -2.34. The summed E-state index contributed by atoms with van der Waals surface area (Å²) in [5.41, 5.74) is 5.37. The fourth-order valence-corrected chi connectivity index (χ4v) is 2.04. The standard InChI is InChI=1S/C11H15N5O3/c1-8(17)14-4-6-15(7-5-14)10-3-2-9(16(18)19)11(12)13-10/h2-3H,4-7H2,1H3,(H2,12,13). The second-order valence-corrected chi connectivity index (χ2v) is 4.32. The molecule has 1 amide bonds. The van der Waals surface area contributed by atoms with Crippen molar-refractivity contribution < 1.29 is 9.72 Å². The second kappa shape index (κ2) is 5.09. The first-order valence-electron chi connectivity index (χ1n) is 5.90. The van der Waals surface area contributed by atoms with Gasteiger partial charge >= 0.3 is 5.69 Å². The van der Waals surface area contributed by atoms with Gasteiger partial charge in [-0.15, -0.1) is 0 Å². The fraction of sp³-hybridized carbons (Fsp3) is 0.455. The van der Waals surface area contributed by atoms with Crippen molar-refractivity contribution in [2.75, 3.05) is 36.8 Å². The summed E-state index contributed by atoms with van der Waals surface area (Å²) in [6.07, 6.45) is 0. The fourth-order valence-electron chi connectivity index (χ4n) is 2.04. The zero-order valence-electron chi connectivity index (χ0n) is 10.6. The van der Waals surface area contributed by atoms with Crippen LogP contribution in [0.15, 0.2) is 12.1 Å². The molecule has 1 aromatic heterocycles. The van der Waals surface area contributed by atoms with Crippen molar-refractivity contribution in [3.8, 4) is 0 Å². The Morgan fingerprint density at radius 2 is 2.00 bits per heavy atom. The molecule has 0 atom stereocenters. The van der Waals surface area contributed by atoms with Crippen molar-refractivity contribution in [2.45, 2.75) is 6.92 Å². The zero-order valence-corrected chi connectivity index (χ0v) is 10.6. The highest BCUT2D eigenvalue weighted by molar-refractivity contribution is 5.73. The van der Waals surface area contributed by atoms with Crippen LogP contribution in [-0.2, 0) is 4.79 Å². The van der Waals surface area contributed by atoms with Crippen molar-refractivity contribution in [1.82, 2.24) is 9.88 Å². The topological polar surface area (TPSA) is 106 Å². The summed E-state index contributed by atoms with van der Waals surface area (Å²) in [4.78, 5) is 29.1. The lowest BCUT2D eigenvalue weighted by Crippen LogP contribution is -2.48. The van der Waals surface area contributed by atoms with Crippen molar-refractivity contribution in [3.05, 3.63) is 22.2 Å². The number of anilines is 2. The predicted molar refractivity (Wildman–Crippen MR) is 69.8 cm³/mol. The van der Waals surface area contributed by atoms with Gasteiger partial charge in [-0.2, -0.15) is 0 Å². The summed E-state index contributed by atoms with van der Waals surface area (Å²) < 4.78 is 0. The van der Waals surface area contributed by atoms with Crippen LogP contribution in [0.2, 0.25) is 0 Å². The number of hydrogen-bond donors (Lipinski definition) is 1. The number of carbonyl (C=O) groups is 1. The Hall–Kier alpha value is -2.38. The van der Waals surface area contributed by atoms with Crippen LogP contribution < -0.4 is 10.6 Å². The van der Waals surface area contributed by atoms with Gasteiger partial charge in [0.1, 0.15) is 5.82 Å². The summed E-state index contributed by atoms with van der Waals surface area (Å²) in [5, 5.41) is 10.7. The van der Waals surface area contributed by atoms with Crippen LogP contribution in [0.25, 0.3) is 0 Å². The first-order chi connectivity index (χ1) is 8.99. The van der Waals surface area contributed by atoms with Crippen LogP contribution in [0.5, 0.6) is 0 Å². The quantitative estimate of drug-likeness (QED) is 0.606. The minimum Gasteiger partial charge on any atom is -0.378 e. The third kappa shape index (κ3) is 2.72. The Morgan fingerprint density at radius 3 is 2.47 bits per heavy atom. The average molecular weight is 265 g/mol. The molecule has 1 aliphatic heterocycles. The minimum atomic E-state index is -0.556. The molecule has 1 fully saturated rings. The van der Waals surface area contributed by atoms with Crippen molar-refractivity contribution in [1.29, 1.82) is 0 Å². The molecule has 8 heteroatoms. The van der Waals surface area contributed by atoms with E-state index in [4.69, 9.17) is 5.73 Å². The molecule has 0 bridgehead atoms. The number of nitrogens with two attached hydrogens (primary N) is 1. The molecule has 0 aromatic carbocycles. The molecule has 1 saturated heterocycles. The van der Waals surface area contributed by atoms with E-state index in [2.05, 4.69) is 4.98 Å². The van der Waals surface area contributed by atoms with Crippen molar-refractivity contribution in [3.63, 3.8) is 0 Å². The van der Waals surface area contributed by atoms with Crippen LogP contribution in [0.1, 0.15) is 6.92 Å². The van der Waals surface area contributed by atoms with Gasteiger partial charge in [0.15, 0.2) is 0 Å². The molecule has 8 nitrogen and oxygen atoms in total. The van der Waals surface area contributed by atoms with Gasteiger partial charge in [-0.05, 0) is 6.07 Å². The van der Waals surface area contributed by atoms with E-state index in [0.717, 1.165) is 0 Å². The Bertz CT molecular complexity index is 511. The van der Waals surface area contributed by atoms with E-state index in [1.165, 1.54) is 13.0 Å². The van der Waals surface area contributed by atoms with Crippen molar-refractivity contribution in [2.24, 2.45) is 0 Å². The Morgan fingerprint density at radius 1 is 1.37 bits per heavy atom. The second-order valence-electron chi connectivity index (χ2n) is 4.32. The highest BCUT2D eigenvalue weighted by Crippen LogP contribution is 2.23. The number of piperazine rings is 1. The molecule has 1 aromatic rings. The largest absolute Gasteiger partial charge is 0.378 e. The molecule has 0 unspecified atom stereocenters. The van der Waals surface area contributed by atoms with Gasteiger partial charge in [0.25, 0.3) is 0 Å². The number of rotatable bonds is 2. The summed E-state index contributed by atoms with van der Waals surface area (Å²) in [6, 6.07) is 2.94.